The summed E-state index contributed by atoms with van der Waals surface area (Å²) < 4.78 is 81.7. The summed E-state index contributed by atoms with van der Waals surface area (Å²) in [6, 6.07) is 8.03. The van der Waals surface area contributed by atoms with E-state index in [2.05, 4.69) is 4.99 Å². The van der Waals surface area contributed by atoms with Crippen LogP contribution in [0, 0.1) is 5.82 Å². The molecule has 0 aliphatic carbocycles. The van der Waals surface area contributed by atoms with Gasteiger partial charge in [0.25, 0.3) is 5.56 Å². The lowest BCUT2D eigenvalue weighted by Gasteiger charge is -2.19. The van der Waals surface area contributed by atoms with E-state index in [4.69, 9.17) is 0 Å². The summed E-state index contributed by atoms with van der Waals surface area (Å²) >= 11 is 0. The quantitative estimate of drug-likeness (QED) is 0.501. The fourth-order valence-electron chi connectivity index (χ4n) is 3.92. The van der Waals surface area contributed by atoms with Crippen molar-refractivity contribution in [1.29, 1.82) is 0 Å². The molecule has 0 bridgehead atoms. The zero-order valence-corrected chi connectivity index (χ0v) is 19.0. The highest BCUT2D eigenvalue weighted by atomic mass is 32.2. The van der Waals surface area contributed by atoms with Gasteiger partial charge in [0.2, 0.25) is 0 Å². The number of alkyl halides is 3. The van der Waals surface area contributed by atoms with E-state index < -0.39 is 33.4 Å². The lowest BCUT2D eigenvalue weighted by molar-refractivity contribution is -0.148. The molecule has 3 aromatic rings. The maximum absolute atomic E-state index is 14.2. The zero-order valence-electron chi connectivity index (χ0n) is 18.2. The van der Waals surface area contributed by atoms with Crippen LogP contribution in [0.2, 0.25) is 0 Å². The minimum Gasteiger partial charge on any atom is -0.318 e. The van der Waals surface area contributed by atoms with E-state index in [0.717, 1.165) is 22.8 Å². The summed E-state index contributed by atoms with van der Waals surface area (Å²) in [4.78, 5) is 16.3. The maximum Gasteiger partial charge on any atom is 0.414 e. The van der Waals surface area contributed by atoms with Crippen LogP contribution in [0.3, 0.4) is 0 Å². The predicted molar refractivity (Wildman–Crippen MR) is 121 cm³/mol. The van der Waals surface area contributed by atoms with Gasteiger partial charge in [0, 0.05) is 47.3 Å². The number of aromatic nitrogens is 1. The average Bonchev–Trinajstić information content (AvgIpc) is 2.89. The number of rotatable bonds is 4. The highest BCUT2D eigenvalue weighted by Crippen LogP contribution is 2.44. The Kier molecular flexibility index (Phi) is 5.97. The van der Waals surface area contributed by atoms with Crippen LogP contribution < -0.4 is 5.56 Å². The van der Waals surface area contributed by atoms with E-state index >= 15 is 0 Å². The van der Waals surface area contributed by atoms with Crippen LogP contribution >= 0.6 is 0 Å². The van der Waals surface area contributed by atoms with Gasteiger partial charge in [0.15, 0.2) is 15.9 Å². The fraction of sp³-hybridized carbons (Fsp3) is 0.250. The SMILES string of the molecule is CCS(=O)(=O)Cc1ccc2c(c1)-c1cn(C)c(=O)cc1[C@H](C(F)(F)F)N=C2c1ccc(F)cc1. The molecule has 2 aromatic carbocycles. The molecule has 4 rings (SSSR count). The van der Waals surface area contributed by atoms with Crippen molar-refractivity contribution in [2.75, 3.05) is 5.75 Å². The lowest BCUT2D eigenvalue weighted by Crippen LogP contribution is -2.24. The van der Waals surface area contributed by atoms with Crippen molar-refractivity contribution < 1.29 is 26.0 Å². The first kappa shape index (κ1) is 23.9. The van der Waals surface area contributed by atoms with E-state index in [0.29, 0.717) is 16.7 Å². The van der Waals surface area contributed by atoms with Gasteiger partial charge in [-0.2, -0.15) is 13.2 Å². The van der Waals surface area contributed by atoms with Crippen molar-refractivity contribution in [3.05, 3.63) is 93.2 Å². The first-order valence-electron chi connectivity index (χ1n) is 10.3. The molecule has 0 fully saturated rings. The predicted octanol–water partition coefficient (Wildman–Crippen LogP) is 4.58. The summed E-state index contributed by atoms with van der Waals surface area (Å²) in [6.07, 6.45) is -3.51. The van der Waals surface area contributed by atoms with Crippen LogP contribution in [0.15, 0.2) is 64.5 Å². The molecule has 0 saturated heterocycles. The Morgan fingerprint density at radius 2 is 1.68 bits per heavy atom. The molecule has 10 heteroatoms. The van der Waals surface area contributed by atoms with Crippen LogP contribution in [0.5, 0.6) is 0 Å². The summed E-state index contributed by atoms with van der Waals surface area (Å²) in [5.41, 5.74) is 0.392. The van der Waals surface area contributed by atoms with Crippen molar-refractivity contribution in [3.8, 4) is 11.1 Å². The van der Waals surface area contributed by atoms with Crippen LogP contribution in [-0.4, -0.2) is 30.6 Å². The summed E-state index contributed by atoms with van der Waals surface area (Å²) in [7, 11) is -1.99. The summed E-state index contributed by atoms with van der Waals surface area (Å²) in [6.45, 7) is 1.51. The third-order valence-corrected chi connectivity index (χ3v) is 7.35. The Labute approximate surface area is 193 Å². The second kappa shape index (κ2) is 8.50. The first-order valence-corrected chi connectivity index (χ1v) is 12.2. The van der Waals surface area contributed by atoms with Crippen molar-refractivity contribution in [3.63, 3.8) is 0 Å². The van der Waals surface area contributed by atoms with Gasteiger partial charge in [0.1, 0.15) is 5.82 Å². The number of aryl methyl sites for hydroxylation is 1. The van der Waals surface area contributed by atoms with E-state index in [1.807, 2.05) is 0 Å². The first-order chi connectivity index (χ1) is 15.9. The van der Waals surface area contributed by atoms with E-state index in [1.165, 1.54) is 50.5 Å². The van der Waals surface area contributed by atoms with Crippen LogP contribution in [0.4, 0.5) is 17.6 Å². The van der Waals surface area contributed by atoms with Gasteiger partial charge in [-0.1, -0.05) is 19.1 Å². The molecule has 1 aromatic heterocycles. The second-order valence-corrected chi connectivity index (χ2v) is 10.4. The molecule has 5 nitrogen and oxygen atoms in total. The Hall–Kier alpha value is -3.27. The molecule has 0 radical (unpaired) electrons. The number of fused-ring (bicyclic) bond motifs is 3. The number of sulfone groups is 1. The van der Waals surface area contributed by atoms with Gasteiger partial charge < -0.3 is 4.57 Å². The number of hydrogen-bond acceptors (Lipinski definition) is 4. The third-order valence-electron chi connectivity index (χ3n) is 5.70. The van der Waals surface area contributed by atoms with Crippen molar-refractivity contribution in [2.24, 2.45) is 12.0 Å². The number of nitrogens with zero attached hydrogens (tertiary/aromatic N) is 2. The van der Waals surface area contributed by atoms with Crippen LogP contribution in [0.25, 0.3) is 11.1 Å². The topological polar surface area (TPSA) is 68.5 Å². The number of pyridine rings is 1. The molecule has 0 unspecified atom stereocenters. The summed E-state index contributed by atoms with van der Waals surface area (Å²) in [5.74, 6) is -0.936. The zero-order chi connectivity index (χ0) is 24.8. The molecule has 2 heterocycles. The highest BCUT2D eigenvalue weighted by Gasteiger charge is 2.44. The highest BCUT2D eigenvalue weighted by molar-refractivity contribution is 7.90. The van der Waals surface area contributed by atoms with E-state index in [-0.39, 0.29) is 33.9 Å². The minimum absolute atomic E-state index is 0.0338. The molecule has 1 aliphatic heterocycles. The maximum atomic E-state index is 14.2. The number of benzene rings is 2. The van der Waals surface area contributed by atoms with E-state index in [1.54, 1.807) is 0 Å². The van der Waals surface area contributed by atoms with Gasteiger partial charge in [-0.3, -0.25) is 9.79 Å². The molecular formula is C24H20F4N2O3S. The van der Waals surface area contributed by atoms with Crippen LogP contribution in [0.1, 0.15) is 35.2 Å². The van der Waals surface area contributed by atoms with Crippen molar-refractivity contribution in [1.82, 2.24) is 4.57 Å². The van der Waals surface area contributed by atoms with Gasteiger partial charge in [0.05, 0.1) is 11.5 Å². The normalized spacial score (nSPS) is 15.8. The molecule has 0 spiro atoms. The Balaban J connectivity index is 2.07. The smallest absolute Gasteiger partial charge is 0.318 e. The lowest BCUT2D eigenvalue weighted by atomic mass is 9.91. The van der Waals surface area contributed by atoms with Crippen molar-refractivity contribution in [2.45, 2.75) is 24.9 Å². The molecule has 1 aliphatic rings. The van der Waals surface area contributed by atoms with Gasteiger partial charge in [-0.15, -0.1) is 0 Å². The minimum atomic E-state index is -4.82. The molecule has 0 amide bonds. The second-order valence-electron chi connectivity index (χ2n) is 8.08. The molecule has 178 valence electrons. The van der Waals surface area contributed by atoms with Gasteiger partial charge in [-0.05, 0) is 41.5 Å². The van der Waals surface area contributed by atoms with Gasteiger partial charge >= 0.3 is 6.18 Å². The summed E-state index contributed by atoms with van der Waals surface area (Å²) in [5, 5.41) is 0. The number of halogens is 4. The Morgan fingerprint density at radius 3 is 2.29 bits per heavy atom. The number of hydrogen-bond donors (Lipinski definition) is 0. The Bertz CT molecular complexity index is 1460. The number of aliphatic imine (C=N–C) groups is 1. The largest absolute Gasteiger partial charge is 0.414 e. The molecular weight excluding hydrogens is 472 g/mol. The fourth-order valence-corrected chi connectivity index (χ4v) is 4.81. The van der Waals surface area contributed by atoms with Crippen LogP contribution in [-0.2, 0) is 22.6 Å². The monoisotopic (exact) mass is 492 g/mol. The standard InChI is InChI=1S/C24H20F4N2O3S/c1-3-34(32,33)13-14-4-9-17-18(10-14)20-12-30(2)21(31)11-19(20)23(24(26,27)28)29-22(17)15-5-7-16(25)8-6-15/h4-12,23H,3,13H2,1-2H3/t23-/m1/s1. The average molecular weight is 492 g/mol. The van der Waals surface area contributed by atoms with Gasteiger partial charge in [-0.25, -0.2) is 12.8 Å². The third kappa shape index (κ3) is 4.54. The Morgan fingerprint density at radius 1 is 1.00 bits per heavy atom. The molecule has 1 atom stereocenters. The van der Waals surface area contributed by atoms with Crippen molar-refractivity contribution >= 4 is 15.5 Å². The molecule has 0 N–H and O–H groups in total. The molecule has 0 saturated carbocycles. The molecule has 34 heavy (non-hydrogen) atoms. The van der Waals surface area contributed by atoms with E-state index in [9.17, 15) is 30.8 Å².